The Bertz CT molecular complexity index is 729. The number of halogens is 1. The second-order valence-electron chi connectivity index (χ2n) is 6.20. The quantitative estimate of drug-likeness (QED) is 0.864. The zero-order valence-electron chi connectivity index (χ0n) is 14.0. The van der Waals surface area contributed by atoms with Crippen LogP contribution in [0.25, 0.3) is 0 Å². The predicted molar refractivity (Wildman–Crippen MR) is 87.9 cm³/mol. The van der Waals surface area contributed by atoms with Crippen LogP contribution < -0.4 is 0 Å². The Morgan fingerprint density at radius 2 is 2.29 bits per heavy atom. The highest BCUT2D eigenvalue weighted by molar-refractivity contribution is 5.76. The number of imidazole rings is 1. The Kier molecular flexibility index (Phi) is 4.94. The second-order valence-corrected chi connectivity index (χ2v) is 6.20. The number of hydrogen-bond acceptors (Lipinski definition) is 3. The first-order chi connectivity index (χ1) is 11.5. The van der Waals surface area contributed by atoms with Crippen LogP contribution in [-0.2, 0) is 23.0 Å². The van der Waals surface area contributed by atoms with Gasteiger partial charge in [-0.3, -0.25) is 4.79 Å². The van der Waals surface area contributed by atoms with Gasteiger partial charge in [-0.2, -0.15) is 0 Å². The van der Waals surface area contributed by atoms with Gasteiger partial charge in [0.05, 0.1) is 19.5 Å². The Labute approximate surface area is 141 Å². The molecule has 1 aliphatic rings. The molecule has 0 N–H and O–H groups in total. The highest BCUT2D eigenvalue weighted by atomic mass is 19.1. The molecule has 1 aromatic heterocycles. The molecule has 1 fully saturated rings. The number of aryl methyl sites for hydroxylation is 3. The van der Waals surface area contributed by atoms with Crippen LogP contribution in [0.2, 0.25) is 0 Å². The monoisotopic (exact) mass is 331 g/mol. The summed E-state index contributed by atoms with van der Waals surface area (Å²) in [6.07, 6.45) is 4.46. The van der Waals surface area contributed by atoms with E-state index in [-0.39, 0.29) is 17.8 Å². The maximum atomic E-state index is 13.4. The van der Waals surface area contributed by atoms with Crippen molar-refractivity contribution < 1.29 is 13.9 Å². The lowest BCUT2D eigenvalue weighted by molar-refractivity contribution is -0.139. The van der Waals surface area contributed by atoms with Crippen LogP contribution >= 0.6 is 0 Å². The van der Waals surface area contributed by atoms with Crippen LogP contribution in [0.15, 0.2) is 30.7 Å². The van der Waals surface area contributed by atoms with Gasteiger partial charge in [0, 0.05) is 31.9 Å². The van der Waals surface area contributed by atoms with E-state index in [1.807, 2.05) is 16.5 Å². The minimum atomic E-state index is -0.223. The lowest BCUT2D eigenvalue weighted by Gasteiger charge is -2.33. The van der Waals surface area contributed by atoms with Crippen molar-refractivity contribution in [1.29, 1.82) is 0 Å². The molecule has 2 aromatic rings. The molecule has 3 rings (SSSR count). The Hall–Kier alpha value is -2.21. The van der Waals surface area contributed by atoms with Crippen LogP contribution in [-0.4, -0.2) is 40.1 Å². The lowest BCUT2D eigenvalue weighted by Crippen LogP contribution is -2.42. The minimum absolute atomic E-state index is 0.114. The summed E-state index contributed by atoms with van der Waals surface area (Å²) >= 11 is 0. The van der Waals surface area contributed by atoms with E-state index in [9.17, 15) is 9.18 Å². The molecule has 1 aliphatic heterocycles. The fraction of sp³-hybridized carbons (Fsp3) is 0.444. The standard InChI is InChI=1S/C18H22FN3O2/c1-13-9-14(3-5-16(13)19)17-11-22(7-8-24-17)18(23)6-4-15-10-20-12-21(15)2/h3,5,9-10,12,17H,4,6-8,11H2,1-2H3/t17-/m1/s1. The Balaban J connectivity index is 1.61. The third-order valence-electron chi connectivity index (χ3n) is 4.48. The van der Waals surface area contributed by atoms with Crippen molar-refractivity contribution in [2.24, 2.45) is 7.05 Å². The number of rotatable bonds is 4. The number of amides is 1. The maximum Gasteiger partial charge on any atom is 0.223 e. The molecule has 0 unspecified atom stereocenters. The van der Waals surface area contributed by atoms with Crippen LogP contribution in [0, 0.1) is 12.7 Å². The predicted octanol–water partition coefficient (Wildman–Crippen LogP) is 2.40. The number of morpholine rings is 1. The minimum Gasteiger partial charge on any atom is -0.370 e. The molecule has 6 heteroatoms. The van der Waals surface area contributed by atoms with Gasteiger partial charge >= 0.3 is 0 Å². The fourth-order valence-electron chi connectivity index (χ4n) is 2.96. The van der Waals surface area contributed by atoms with Crippen LogP contribution in [0.1, 0.15) is 29.3 Å². The van der Waals surface area contributed by atoms with Crippen molar-refractivity contribution in [2.75, 3.05) is 19.7 Å². The van der Waals surface area contributed by atoms with E-state index < -0.39 is 0 Å². The number of benzene rings is 1. The van der Waals surface area contributed by atoms with E-state index in [0.29, 0.717) is 38.1 Å². The third kappa shape index (κ3) is 3.64. The van der Waals surface area contributed by atoms with Crippen molar-refractivity contribution in [3.63, 3.8) is 0 Å². The molecule has 0 bridgehead atoms. The molecule has 0 aliphatic carbocycles. The summed E-state index contributed by atoms with van der Waals surface area (Å²) in [5.74, 6) is -0.109. The van der Waals surface area contributed by atoms with Crippen molar-refractivity contribution in [3.05, 3.63) is 53.4 Å². The highest BCUT2D eigenvalue weighted by Gasteiger charge is 2.25. The van der Waals surface area contributed by atoms with Gasteiger partial charge in [0.25, 0.3) is 0 Å². The topological polar surface area (TPSA) is 47.4 Å². The third-order valence-corrected chi connectivity index (χ3v) is 4.48. The molecule has 5 nitrogen and oxygen atoms in total. The molecule has 0 spiro atoms. The van der Waals surface area contributed by atoms with Gasteiger partial charge in [-0.05, 0) is 30.5 Å². The number of hydrogen-bond donors (Lipinski definition) is 0. The summed E-state index contributed by atoms with van der Waals surface area (Å²) in [6, 6.07) is 4.98. The fourth-order valence-corrected chi connectivity index (χ4v) is 2.96. The summed E-state index contributed by atoms with van der Waals surface area (Å²) < 4.78 is 21.1. The average Bonchev–Trinajstić information content (AvgIpc) is 3.00. The normalized spacial score (nSPS) is 18.0. The number of carbonyl (C=O) groups excluding carboxylic acids is 1. The molecule has 0 saturated carbocycles. The number of carbonyl (C=O) groups is 1. The Morgan fingerprint density at radius 1 is 1.46 bits per heavy atom. The van der Waals surface area contributed by atoms with E-state index in [2.05, 4.69) is 4.98 Å². The summed E-state index contributed by atoms with van der Waals surface area (Å²) in [6.45, 7) is 3.34. The van der Waals surface area contributed by atoms with Gasteiger partial charge in [-0.15, -0.1) is 0 Å². The molecule has 1 saturated heterocycles. The van der Waals surface area contributed by atoms with Crippen molar-refractivity contribution in [1.82, 2.24) is 14.5 Å². The highest BCUT2D eigenvalue weighted by Crippen LogP contribution is 2.24. The van der Waals surface area contributed by atoms with Crippen LogP contribution in [0.3, 0.4) is 0 Å². The number of nitrogens with zero attached hydrogens (tertiary/aromatic N) is 3. The van der Waals surface area contributed by atoms with Gasteiger partial charge in [0.2, 0.25) is 5.91 Å². The summed E-state index contributed by atoms with van der Waals surface area (Å²) in [7, 11) is 1.93. The van der Waals surface area contributed by atoms with Crippen LogP contribution in [0.5, 0.6) is 0 Å². The molecule has 2 heterocycles. The van der Waals surface area contributed by atoms with Gasteiger partial charge in [0.15, 0.2) is 0 Å². The SMILES string of the molecule is Cc1cc([C@H]2CN(C(=O)CCc3cncn3C)CCO2)ccc1F. The van der Waals surface area contributed by atoms with E-state index in [1.165, 1.54) is 6.07 Å². The lowest BCUT2D eigenvalue weighted by atomic mass is 10.0. The second kappa shape index (κ2) is 7.13. The van der Waals surface area contributed by atoms with E-state index in [4.69, 9.17) is 4.74 Å². The van der Waals surface area contributed by atoms with Crippen molar-refractivity contribution in [3.8, 4) is 0 Å². The van der Waals surface area contributed by atoms with E-state index >= 15 is 0 Å². The van der Waals surface area contributed by atoms with Crippen LogP contribution in [0.4, 0.5) is 4.39 Å². The van der Waals surface area contributed by atoms with E-state index in [0.717, 1.165) is 11.3 Å². The van der Waals surface area contributed by atoms with E-state index in [1.54, 1.807) is 31.6 Å². The first-order valence-corrected chi connectivity index (χ1v) is 8.15. The van der Waals surface area contributed by atoms with Gasteiger partial charge < -0.3 is 14.2 Å². The van der Waals surface area contributed by atoms with Gasteiger partial charge in [-0.1, -0.05) is 12.1 Å². The molecular formula is C18H22FN3O2. The van der Waals surface area contributed by atoms with Crippen molar-refractivity contribution in [2.45, 2.75) is 25.9 Å². The zero-order chi connectivity index (χ0) is 17.1. The summed E-state index contributed by atoms with van der Waals surface area (Å²) in [5, 5.41) is 0. The first-order valence-electron chi connectivity index (χ1n) is 8.15. The summed E-state index contributed by atoms with van der Waals surface area (Å²) in [4.78, 5) is 18.4. The van der Waals surface area contributed by atoms with Crippen molar-refractivity contribution >= 4 is 5.91 Å². The van der Waals surface area contributed by atoms with Gasteiger partial charge in [0.1, 0.15) is 11.9 Å². The average molecular weight is 331 g/mol. The molecule has 0 radical (unpaired) electrons. The van der Waals surface area contributed by atoms with Gasteiger partial charge in [-0.25, -0.2) is 9.37 Å². The summed E-state index contributed by atoms with van der Waals surface area (Å²) in [5.41, 5.74) is 2.55. The Morgan fingerprint density at radius 3 is 3.00 bits per heavy atom. The molecule has 1 atom stereocenters. The zero-order valence-corrected chi connectivity index (χ0v) is 14.0. The first kappa shape index (κ1) is 16.6. The molecule has 1 amide bonds. The maximum absolute atomic E-state index is 13.4. The number of aromatic nitrogens is 2. The molecule has 128 valence electrons. The molecule has 24 heavy (non-hydrogen) atoms. The largest absolute Gasteiger partial charge is 0.370 e. The molecular weight excluding hydrogens is 309 g/mol. The number of ether oxygens (including phenoxy) is 1. The smallest absolute Gasteiger partial charge is 0.223 e. The molecule has 1 aromatic carbocycles.